The summed E-state index contributed by atoms with van der Waals surface area (Å²) in [6, 6.07) is 5.75. The van der Waals surface area contributed by atoms with Crippen LogP contribution in [0.4, 0.5) is 0 Å². The second kappa shape index (κ2) is 6.22. The summed E-state index contributed by atoms with van der Waals surface area (Å²) in [5.74, 6) is 0. The highest BCUT2D eigenvalue weighted by Crippen LogP contribution is 2.22. The third-order valence-electron chi connectivity index (χ3n) is 3.88. The molecule has 1 aromatic carbocycles. The molecule has 6 heteroatoms. The average Bonchev–Trinajstić information content (AvgIpc) is 2.82. The maximum absolute atomic E-state index is 12.6. The van der Waals surface area contributed by atoms with E-state index in [9.17, 15) is 8.42 Å². The van der Waals surface area contributed by atoms with Crippen LogP contribution in [0.2, 0.25) is 0 Å². The van der Waals surface area contributed by atoms with E-state index < -0.39 is 10.0 Å². The van der Waals surface area contributed by atoms with E-state index in [0.717, 1.165) is 16.7 Å². The van der Waals surface area contributed by atoms with Gasteiger partial charge in [-0.25, -0.2) is 13.1 Å². The molecular formula is C16H23N3O2S. The van der Waals surface area contributed by atoms with Crippen LogP contribution in [0, 0.1) is 20.8 Å². The summed E-state index contributed by atoms with van der Waals surface area (Å²) in [5, 5.41) is 4.11. The standard InChI is InChI=1S/C16H23N3O2S/c1-6-19-14(5)16(10-17-19)22(20,21)18-13(4)15-9-11(2)7-8-12(15)3/h7-10,13,18H,6H2,1-5H3. The van der Waals surface area contributed by atoms with Gasteiger partial charge >= 0.3 is 0 Å². The normalized spacial score (nSPS) is 13.3. The number of sulfonamides is 1. The first-order valence-corrected chi connectivity index (χ1v) is 8.86. The van der Waals surface area contributed by atoms with E-state index in [2.05, 4.69) is 9.82 Å². The smallest absolute Gasteiger partial charge is 0.244 e. The first-order chi connectivity index (χ1) is 10.3. The van der Waals surface area contributed by atoms with E-state index >= 15 is 0 Å². The SMILES string of the molecule is CCn1ncc(S(=O)(=O)NC(C)c2cc(C)ccc2C)c1C. The van der Waals surface area contributed by atoms with Crippen molar-refractivity contribution in [2.45, 2.75) is 52.1 Å². The van der Waals surface area contributed by atoms with Gasteiger partial charge in [-0.3, -0.25) is 4.68 Å². The van der Waals surface area contributed by atoms with Crippen molar-refractivity contribution in [3.8, 4) is 0 Å². The van der Waals surface area contributed by atoms with Crippen LogP contribution in [0.15, 0.2) is 29.3 Å². The molecule has 1 unspecified atom stereocenters. The Balaban J connectivity index is 2.31. The molecule has 0 saturated carbocycles. The molecule has 0 aliphatic carbocycles. The molecule has 2 aromatic rings. The topological polar surface area (TPSA) is 64.0 Å². The molecule has 1 atom stereocenters. The number of aromatic nitrogens is 2. The van der Waals surface area contributed by atoms with Crippen molar-refractivity contribution in [3.05, 3.63) is 46.8 Å². The highest BCUT2D eigenvalue weighted by molar-refractivity contribution is 7.89. The fraction of sp³-hybridized carbons (Fsp3) is 0.438. The first kappa shape index (κ1) is 16.7. The van der Waals surface area contributed by atoms with E-state index in [4.69, 9.17) is 0 Å². The van der Waals surface area contributed by atoms with E-state index in [1.807, 2.05) is 45.9 Å². The third kappa shape index (κ3) is 3.23. The van der Waals surface area contributed by atoms with Gasteiger partial charge in [0.25, 0.3) is 0 Å². The van der Waals surface area contributed by atoms with Gasteiger partial charge in [-0.1, -0.05) is 23.8 Å². The molecule has 22 heavy (non-hydrogen) atoms. The maximum Gasteiger partial charge on any atom is 0.244 e. The molecule has 0 radical (unpaired) electrons. The van der Waals surface area contributed by atoms with Crippen LogP contribution in [0.1, 0.15) is 42.3 Å². The van der Waals surface area contributed by atoms with Crippen LogP contribution in [0.3, 0.4) is 0 Å². The molecule has 0 aliphatic heterocycles. The van der Waals surface area contributed by atoms with E-state index in [-0.39, 0.29) is 10.9 Å². The minimum atomic E-state index is -3.59. The number of hydrogen-bond acceptors (Lipinski definition) is 3. The van der Waals surface area contributed by atoms with Crippen molar-refractivity contribution in [2.75, 3.05) is 0 Å². The van der Waals surface area contributed by atoms with Crippen LogP contribution >= 0.6 is 0 Å². The molecule has 0 saturated heterocycles. The Hall–Kier alpha value is -1.66. The van der Waals surface area contributed by atoms with Crippen LogP contribution in [-0.4, -0.2) is 18.2 Å². The summed E-state index contributed by atoms with van der Waals surface area (Å²) >= 11 is 0. The van der Waals surface area contributed by atoms with Gasteiger partial charge in [0, 0.05) is 12.6 Å². The summed E-state index contributed by atoms with van der Waals surface area (Å²) in [6.07, 6.45) is 1.41. The Kier molecular flexibility index (Phi) is 4.72. The number of nitrogens with one attached hydrogen (secondary N) is 1. The van der Waals surface area contributed by atoms with Crippen molar-refractivity contribution in [3.63, 3.8) is 0 Å². The fourth-order valence-electron chi connectivity index (χ4n) is 2.60. The monoisotopic (exact) mass is 321 g/mol. The van der Waals surface area contributed by atoms with Gasteiger partial charge in [-0.15, -0.1) is 0 Å². The highest BCUT2D eigenvalue weighted by Gasteiger charge is 2.23. The Morgan fingerprint density at radius 3 is 2.55 bits per heavy atom. The summed E-state index contributed by atoms with van der Waals surface area (Å²) in [5.41, 5.74) is 3.83. The lowest BCUT2D eigenvalue weighted by molar-refractivity contribution is 0.564. The molecular weight excluding hydrogens is 298 g/mol. The first-order valence-electron chi connectivity index (χ1n) is 7.38. The molecule has 5 nitrogen and oxygen atoms in total. The molecule has 1 N–H and O–H groups in total. The number of aryl methyl sites for hydroxylation is 3. The minimum absolute atomic E-state index is 0.242. The third-order valence-corrected chi connectivity index (χ3v) is 5.52. The van der Waals surface area contributed by atoms with Gasteiger partial charge < -0.3 is 0 Å². The van der Waals surface area contributed by atoms with E-state index in [1.54, 1.807) is 11.6 Å². The van der Waals surface area contributed by atoms with Crippen molar-refractivity contribution in [1.82, 2.24) is 14.5 Å². The van der Waals surface area contributed by atoms with Crippen LogP contribution in [0.5, 0.6) is 0 Å². The zero-order valence-corrected chi connectivity index (χ0v) is 14.5. The number of benzene rings is 1. The Labute approximate surface area is 132 Å². The Bertz CT molecular complexity index is 779. The zero-order chi connectivity index (χ0) is 16.5. The quantitative estimate of drug-likeness (QED) is 0.921. The van der Waals surface area contributed by atoms with Crippen LogP contribution < -0.4 is 4.72 Å². The van der Waals surface area contributed by atoms with Gasteiger partial charge in [0.1, 0.15) is 4.90 Å². The summed E-state index contributed by atoms with van der Waals surface area (Å²) < 4.78 is 29.6. The number of hydrogen-bond donors (Lipinski definition) is 1. The molecule has 0 spiro atoms. The molecule has 120 valence electrons. The second-order valence-electron chi connectivity index (χ2n) is 5.61. The van der Waals surface area contributed by atoms with Crippen molar-refractivity contribution in [2.24, 2.45) is 0 Å². The molecule has 0 bridgehead atoms. The van der Waals surface area contributed by atoms with E-state index in [0.29, 0.717) is 12.2 Å². The number of nitrogens with zero attached hydrogens (tertiary/aromatic N) is 2. The molecule has 2 rings (SSSR count). The Morgan fingerprint density at radius 2 is 1.95 bits per heavy atom. The van der Waals surface area contributed by atoms with Gasteiger partial charge in [0.15, 0.2) is 0 Å². The second-order valence-corrected chi connectivity index (χ2v) is 7.30. The summed E-state index contributed by atoms with van der Waals surface area (Å²) in [7, 11) is -3.59. The van der Waals surface area contributed by atoms with Gasteiger partial charge in [0.2, 0.25) is 10.0 Å². The minimum Gasteiger partial charge on any atom is -0.269 e. The molecule has 0 aliphatic rings. The zero-order valence-electron chi connectivity index (χ0n) is 13.7. The van der Waals surface area contributed by atoms with Crippen molar-refractivity contribution in [1.29, 1.82) is 0 Å². The van der Waals surface area contributed by atoms with Crippen LogP contribution in [0.25, 0.3) is 0 Å². The van der Waals surface area contributed by atoms with Crippen molar-refractivity contribution < 1.29 is 8.42 Å². The summed E-state index contributed by atoms with van der Waals surface area (Å²) in [4.78, 5) is 0.242. The predicted octanol–water partition coefficient (Wildman–Crippen LogP) is 2.87. The van der Waals surface area contributed by atoms with Crippen LogP contribution in [-0.2, 0) is 16.6 Å². The lowest BCUT2D eigenvalue weighted by Gasteiger charge is -2.17. The molecule has 0 amide bonds. The van der Waals surface area contributed by atoms with Gasteiger partial charge in [-0.2, -0.15) is 5.10 Å². The van der Waals surface area contributed by atoms with Gasteiger partial charge in [-0.05, 0) is 45.7 Å². The lowest BCUT2D eigenvalue weighted by atomic mass is 10.0. The van der Waals surface area contributed by atoms with E-state index in [1.165, 1.54) is 6.20 Å². The fourth-order valence-corrected chi connectivity index (χ4v) is 4.00. The van der Waals surface area contributed by atoms with Crippen molar-refractivity contribution >= 4 is 10.0 Å². The Morgan fingerprint density at radius 1 is 1.27 bits per heavy atom. The molecule has 1 heterocycles. The lowest BCUT2D eigenvalue weighted by Crippen LogP contribution is -2.27. The highest BCUT2D eigenvalue weighted by atomic mass is 32.2. The summed E-state index contributed by atoms with van der Waals surface area (Å²) in [6.45, 7) is 10.2. The molecule has 0 fully saturated rings. The predicted molar refractivity (Wildman–Crippen MR) is 87.3 cm³/mol. The largest absolute Gasteiger partial charge is 0.269 e. The maximum atomic E-state index is 12.6. The van der Waals surface area contributed by atoms with Gasteiger partial charge in [0.05, 0.1) is 11.9 Å². The number of rotatable bonds is 5. The molecule has 1 aromatic heterocycles. The average molecular weight is 321 g/mol.